The fourth-order valence-corrected chi connectivity index (χ4v) is 0.970. The summed E-state index contributed by atoms with van der Waals surface area (Å²) in [6.45, 7) is 5.09. The van der Waals surface area contributed by atoms with E-state index in [-0.39, 0.29) is 0 Å². The third kappa shape index (κ3) is 3.36. The van der Waals surface area contributed by atoms with Crippen molar-refractivity contribution < 1.29 is 4.74 Å². The summed E-state index contributed by atoms with van der Waals surface area (Å²) in [7, 11) is 0. The average Bonchev–Trinajstić information content (AvgIpc) is 2.19. The predicted octanol–water partition coefficient (Wildman–Crippen LogP) is 1.24. The third-order valence-electron chi connectivity index (χ3n) is 1.56. The number of rotatable bonds is 5. The predicted molar refractivity (Wildman–Crippen MR) is 52.0 cm³/mol. The number of hydrogen-bond acceptors (Lipinski definition) is 3. The van der Waals surface area contributed by atoms with Crippen LogP contribution in [0.15, 0.2) is 30.9 Å². The highest BCUT2D eigenvalue weighted by Crippen LogP contribution is 2.00. The fraction of sp³-hybridized carbons (Fsp3) is 0.300. The van der Waals surface area contributed by atoms with Gasteiger partial charge in [-0.15, -0.1) is 6.58 Å². The lowest BCUT2D eigenvalue weighted by molar-refractivity contribution is 0.146. The van der Waals surface area contributed by atoms with Gasteiger partial charge in [0.1, 0.15) is 0 Å². The van der Waals surface area contributed by atoms with E-state index in [9.17, 15) is 0 Å². The zero-order valence-corrected chi connectivity index (χ0v) is 7.57. The Morgan fingerprint density at radius 1 is 1.46 bits per heavy atom. The molecule has 0 atom stereocenters. The summed E-state index contributed by atoms with van der Waals surface area (Å²) >= 11 is 0. The molecule has 0 saturated heterocycles. The Morgan fingerprint density at radius 2 is 2.23 bits per heavy atom. The smallest absolute Gasteiger partial charge is 0.0892 e. The highest BCUT2D eigenvalue weighted by Gasteiger charge is 1.95. The minimum Gasteiger partial charge on any atom is -0.371 e. The topological polar surface area (TPSA) is 48.1 Å². The molecule has 0 amide bonds. The maximum absolute atomic E-state index is 5.45. The highest BCUT2D eigenvalue weighted by atomic mass is 16.5. The van der Waals surface area contributed by atoms with Crippen molar-refractivity contribution in [3.8, 4) is 0 Å². The first-order chi connectivity index (χ1) is 6.36. The number of pyridine rings is 1. The van der Waals surface area contributed by atoms with Crippen molar-refractivity contribution in [3.63, 3.8) is 0 Å². The summed E-state index contributed by atoms with van der Waals surface area (Å²) in [6.07, 6.45) is 1.72. The molecular weight excluding hydrogens is 164 g/mol. The summed E-state index contributed by atoms with van der Waals surface area (Å²) in [5, 5.41) is 0. The van der Waals surface area contributed by atoms with E-state index < -0.39 is 0 Å². The van der Waals surface area contributed by atoms with Gasteiger partial charge in [-0.05, 0) is 12.1 Å². The summed E-state index contributed by atoms with van der Waals surface area (Å²) in [4.78, 5) is 4.28. The Balaban J connectivity index is 2.50. The van der Waals surface area contributed by atoms with E-state index in [1.54, 1.807) is 6.08 Å². The average molecular weight is 178 g/mol. The van der Waals surface area contributed by atoms with E-state index in [1.165, 1.54) is 0 Å². The molecule has 3 nitrogen and oxygen atoms in total. The maximum Gasteiger partial charge on any atom is 0.0892 e. The lowest BCUT2D eigenvalue weighted by atomic mass is 10.3. The molecule has 0 spiro atoms. The van der Waals surface area contributed by atoms with Crippen LogP contribution in [0.3, 0.4) is 0 Å². The molecule has 0 aliphatic heterocycles. The van der Waals surface area contributed by atoms with Crippen molar-refractivity contribution in [3.05, 3.63) is 42.2 Å². The van der Waals surface area contributed by atoms with Crippen LogP contribution >= 0.6 is 0 Å². The van der Waals surface area contributed by atoms with Crippen LogP contribution < -0.4 is 5.73 Å². The number of nitrogens with two attached hydrogens (primary N) is 1. The van der Waals surface area contributed by atoms with Crippen LogP contribution in [0.2, 0.25) is 0 Å². The Hall–Kier alpha value is -1.19. The fourth-order valence-electron chi connectivity index (χ4n) is 0.970. The molecule has 70 valence electrons. The van der Waals surface area contributed by atoms with Gasteiger partial charge in [-0.2, -0.15) is 0 Å². The van der Waals surface area contributed by atoms with Gasteiger partial charge < -0.3 is 10.5 Å². The van der Waals surface area contributed by atoms with Gasteiger partial charge in [-0.3, -0.25) is 4.98 Å². The van der Waals surface area contributed by atoms with Crippen molar-refractivity contribution >= 4 is 0 Å². The second-order valence-electron chi connectivity index (χ2n) is 2.63. The van der Waals surface area contributed by atoms with Gasteiger partial charge in [0.05, 0.1) is 24.6 Å². The molecule has 1 heterocycles. The third-order valence-corrected chi connectivity index (χ3v) is 1.56. The molecular formula is C10H14N2O. The zero-order chi connectivity index (χ0) is 9.52. The molecule has 1 aromatic rings. The number of ether oxygens (including phenoxy) is 1. The minimum absolute atomic E-state index is 0.468. The Kier molecular flexibility index (Phi) is 4.15. The molecule has 2 N–H and O–H groups in total. The Labute approximate surface area is 78.2 Å². The quantitative estimate of drug-likeness (QED) is 0.545. The number of nitrogens with zero attached hydrogens (tertiary/aromatic N) is 1. The van der Waals surface area contributed by atoms with Gasteiger partial charge in [0.15, 0.2) is 0 Å². The zero-order valence-electron chi connectivity index (χ0n) is 7.57. The van der Waals surface area contributed by atoms with Crippen molar-refractivity contribution in [2.45, 2.75) is 13.2 Å². The largest absolute Gasteiger partial charge is 0.371 e. The second kappa shape index (κ2) is 5.45. The molecule has 3 heteroatoms. The van der Waals surface area contributed by atoms with Gasteiger partial charge in [0.25, 0.3) is 0 Å². The van der Waals surface area contributed by atoms with E-state index in [2.05, 4.69) is 11.6 Å². The molecule has 0 bridgehead atoms. The first kappa shape index (κ1) is 9.89. The van der Waals surface area contributed by atoms with E-state index in [0.29, 0.717) is 19.8 Å². The van der Waals surface area contributed by atoms with Gasteiger partial charge >= 0.3 is 0 Å². The molecule has 0 fully saturated rings. The van der Waals surface area contributed by atoms with Crippen LogP contribution in [0, 0.1) is 0 Å². The standard InChI is InChI=1S/C10H14N2O/c1-2-6-13-8-10-5-3-4-9(7-11)12-10/h2-5H,1,6-8,11H2. The monoisotopic (exact) mass is 178 g/mol. The van der Waals surface area contributed by atoms with Crippen LogP contribution in [0.1, 0.15) is 11.4 Å². The summed E-state index contributed by atoms with van der Waals surface area (Å²) in [5.41, 5.74) is 7.25. The molecule has 0 unspecified atom stereocenters. The van der Waals surface area contributed by atoms with Gasteiger partial charge in [0, 0.05) is 6.54 Å². The maximum atomic E-state index is 5.45. The van der Waals surface area contributed by atoms with E-state index in [1.807, 2.05) is 18.2 Å². The second-order valence-corrected chi connectivity index (χ2v) is 2.63. The van der Waals surface area contributed by atoms with Crippen LogP contribution in [-0.4, -0.2) is 11.6 Å². The van der Waals surface area contributed by atoms with Crippen molar-refractivity contribution in [2.24, 2.45) is 5.73 Å². The normalized spacial score (nSPS) is 9.92. The molecule has 13 heavy (non-hydrogen) atoms. The highest BCUT2D eigenvalue weighted by molar-refractivity contribution is 5.10. The first-order valence-corrected chi connectivity index (χ1v) is 4.20. The number of aromatic nitrogens is 1. The SMILES string of the molecule is C=CCOCc1cccc(CN)n1. The molecule has 0 aliphatic carbocycles. The Bertz CT molecular complexity index is 273. The summed E-state index contributed by atoms with van der Waals surface area (Å²) < 4.78 is 5.25. The Morgan fingerprint density at radius 3 is 2.92 bits per heavy atom. The lowest BCUT2D eigenvalue weighted by Gasteiger charge is -2.02. The van der Waals surface area contributed by atoms with Crippen molar-refractivity contribution in [1.29, 1.82) is 0 Å². The summed E-state index contributed by atoms with van der Waals surface area (Å²) in [6, 6.07) is 5.75. The van der Waals surface area contributed by atoms with E-state index >= 15 is 0 Å². The van der Waals surface area contributed by atoms with Crippen LogP contribution in [0.5, 0.6) is 0 Å². The molecule has 1 rings (SSSR count). The molecule has 0 aromatic carbocycles. The lowest BCUT2D eigenvalue weighted by Crippen LogP contribution is -2.02. The first-order valence-electron chi connectivity index (χ1n) is 4.20. The summed E-state index contributed by atoms with van der Waals surface area (Å²) in [5.74, 6) is 0. The van der Waals surface area contributed by atoms with Crippen molar-refractivity contribution in [1.82, 2.24) is 4.98 Å². The van der Waals surface area contributed by atoms with Gasteiger partial charge in [-0.25, -0.2) is 0 Å². The van der Waals surface area contributed by atoms with Crippen molar-refractivity contribution in [2.75, 3.05) is 6.61 Å². The molecule has 0 saturated carbocycles. The van der Waals surface area contributed by atoms with E-state index in [0.717, 1.165) is 11.4 Å². The van der Waals surface area contributed by atoms with Gasteiger partial charge in [0.2, 0.25) is 0 Å². The molecule has 0 radical (unpaired) electrons. The van der Waals surface area contributed by atoms with E-state index in [4.69, 9.17) is 10.5 Å². The van der Waals surface area contributed by atoms with Crippen LogP contribution in [0.4, 0.5) is 0 Å². The van der Waals surface area contributed by atoms with Crippen LogP contribution in [-0.2, 0) is 17.9 Å². The van der Waals surface area contributed by atoms with Crippen LogP contribution in [0.25, 0.3) is 0 Å². The molecule has 0 aliphatic rings. The molecule has 1 aromatic heterocycles. The number of hydrogen-bond donors (Lipinski definition) is 1. The minimum atomic E-state index is 0.468. The van der Waals surface area contributed by atoms with Gasteiger partial charge in [-0.1, -0.05) is 12.1 Å².